The van der Waals surface area contributed by atoms with Gasteiger partial charge < -0.3 is 5.73 Å². The Labute approximate surface area is 118 Å². The fraction of sp³-hybridized carbons (Fsp3) is 0.500. The van der Waals surface area contributed by atoms with E-state index < -0.39 is 15.8 Å². The lowest BCUT2D eigenvalue weighted by Gasteiger charge is -2.17. The van der Waals surface area contributed by atoms with Crippen molar-refractivity contribution in [1.82, 2.24) is 4.72 Å². The summed E-state index contributed by atoms with van der Waals surface area (Å²) >= 11 is 1.57. The molecular formula is C12H19FN2O2S2. The van der Waals surface area contributed by atoms with Crippen LogP contribution in [0.1, 0.15) is 18.9 Å². The van der Waals surface area contributed by atoms with Crippen LogP contribution in [0.2, 0.25) is 0 Å². The molecule has 1 rings (SSSR count). The molecule has 0 heterocycles. The van der Waals surface area contributed by atoms with E-state index in [1.165, 1.54) is 6.07 Å². The van der Waals surface area contributed by atoms with Crippen molar-refractivity contribution in [2.24, 2.45) is 0 Å². The molecule has 0 aliphatic rings. The van der Waals surface area contributed by atoms with Crippen LogP contribution in [0.4, 0.5) is 10.1 Å². The number of nitrogens with one attached hydrogen (secondary N) is 1. The highest BCUT2D eigenvalue weighted by molar-refractivity contribution is 7.98. The molecule has 0 amide bonds. The van der Waals surface area contributed by atoms with Crippen molar-refractivity contribution in [1.29, 1.82) is 0 Å². The molecule has 7 heteroatoms. The lowest BCUT2D eigenvalue weighted by atomic mass is 10.2. The number of thioether (sulfide) groups is 1. The number of hydrogen-bond acceptors (Lipinski definition) is 4. The van der Waals surface area contributed by atoms with Crippen molar-refractivity contribution >= 4 is 27.5 Å². The smallest absolute Gasteiger partial charge is 0.241 e. The quantitative estimate of drug-likeness (QED) is 0.790. The second kappa shape index (κ2) is 6.58. The van der Waals surface area contributed by atoms with E-state index in [0.29, 0.717) is 17.7 Å². The van der Waals surface area contributed by atoms with E-state index in [4.69, 9.17) is 5.73 Å². The molecule has 0 bridgehead atoms. The fourth-order valence-corrected chi connectivity index (χ4v) is 4.08. The van der Waals surface area contributed by atoms with E-state index >= 15 is 0 Å². The maximum atomic E-state index is 13.3. The fourth-order valence-electron chi connectivity index (χ4n) is 1.68. The summed E-state index contributed by atoms with van der Waals surface area (Å²) in [5.41, 5.74) is 5.62. The second-order valence-electron chi connectivity index (χ2n) is 4.32. The molecule has 1 aromatic carbocycles. The summed E-state index contributed by atoms with van der Waals surface area (Å²) in [6, 6.07) is 2.16. The number of anilines is 1. The first-order chi connectivity index (χ1) is 8.81. The monoisotopic (exact) mass is 306 g/mol. The van der Waals surface area contributed by atoms with Crippen molar-refractivity contribution in [2.75, 3.05) is 17.7 Å². The van der Waals surface area contributed by atoms with Crippen LogP contribution in [-0.2, 0) is 10.0 Å². The van der Waals surface area contributed by atoms with Gasteiger partial charge in [-0.2, -0.15) is 11.8 Å². The number of benzene rings is 1. The Morgan fingerprint density at radius 1 is 1.47 bits per heavy atom. The molecule has 0 radical (unpaired) electrons. The molecule has 0 aliphatic carbocycles. The van der Waals surface area contributed by atoms with Gasteiger partial charge in [-0.25, -0.2) is 17.5 Å². The summed E-state index contributed by atoms with van der Waals surface area (Å²) < 4.78 is 40.4. The minimum absolute atomic E-state index is 0.0333. The summed E-state index contributed by atoms with van der Waals surface area (Å²) in [7, 11) is -3.67. The third-order valence-electron chi connectivity index (χ3n) is 2.77. The molecule has 1 unspecified atom stereocenters. The lowest BCUT2D eigenvalue weighted by Crippen LogP contribution is -2.36. The number of aryl methyl sites for hydroxylation is 1. The van der Waals surface area contributed by atoms with Crippen molar-refractivity contribution in [3.8, 4) is 0 Å². The molecule has 1 aromatic rings. The molecule has 0 aromatic heterocycles. The number of nitrogen functional groups attached to an aromatic ring is 1. The Bertz CT molecular complexity index is 547. The molecule has 0 saturated carbocycles. The van der Waals surface area contributed by atoms with Crippen molar-refractivity contribution in [2.45, 2.75) is 31.2 Å². The number of rotatable bonds is 6. The van der Waals surface area contributed by atoms with Crippen LogP contribution in [0.3, 0.4) is 0 Å². The topological polar surface area (TPSA) is 72.2 Å². The third kappa shape index (κ3) is 4.09. The van der Waals surface area contributed by atoms with E-state index in [1.54, 1.807) is 18.7 Å². The predicted octanol–water partition coefficient (Wildman–Crippen LogP) is 2.14. The van der Waals surface area contributed by atoms with Crippen LogP contribution in [0.5, 0.6) is 0 Å². The van der Waals surface area contributed by atoms with E-state index in [9.17, 15) is 12.8 Å². The summed E-state index contributed by atoms with van der Waals surface area (Å²) in [6.45, 7) is 3.46. The van der Waals surface area contributed by atoms with Crippen LogP contribution in [-0.4, -0.2) is 26.5 Å². The predicted molar refractivity (Wildman–Crippen MR) is 78.3 cm³/mol. The van der Waals surface area contributed by atoms with Gasteiger partial charge in [-0.3, -0.25) is 0 Å². The molecule has 0 spiro atoms. The van der Waals surface area contributed by atoms with E-state index in [1.807, 2.05) is 13.2 Å². The molecule has 0 aliphatic heterocycles. The first kappa shape index (κ1) is 16.3. The molecule has 4 nitrogen and oxygen atoms in total. The normalized spacial score (nSPS) is 13.5. The summed E-state index contributed by atoms with van der Waals surface area (Å²) in [6.07, 6.45) is 2.61. The number of nitrogens with two attached hydrogens (primary N) is 1. The molecule has 108 valence electrons. The highest BCUT2D eigenvalue weighted by Gasteiger charge is 2.22. The van der Waals surface area contributed by atoms with Gasteiger partial charge in [-0.05, 0) is 37.3 Å². The molecular weight excluding hydrogens is 287 g/mol. The van der Waals surface area contributed by atoms with Crippen molar-refractivity contribution in [3.05, 3.63) is 23.5 Å². The zero-order valence-electron chi connectivity index (χ0n) is 11.2. The van der Waals surface area contributed by atoms with Crippen molar-refractivity contribution < 1.29 is 12.8 Å². The van der Waals surface area contributed by atoms with Gasteiger partial charge in [0.2, 0.25) is 10.0 Å². The van der Waals surface area contributed by atoms with E-state index in [-0.39, 0.29) is 16.6 Å². The van der Waals surface area contributed by atoms with Gasteiger partial charge in [0.1, 0.15) is 5.82 Å². The van der Waals surface area contributed by atoms with Crippen LogP contribution in [0.25, 0.3) is 0 Å². The Morgan fingerprint density at radius 2 is 2.11 bits per heavy atom. The zero-order valence-corrected chi connectivity index (χ0v) is 12.9. The van der Waals surface area contributed by atoms with Gasteiger partial charge in [0.25, 0.3) is 0 Å². The zero-order chi connectivity index (χ0) is 14.6. The largest absolute Gasteiger partial charge is 0.396 e. The van der Waals surface area contributed by atoms with Crippen LogP contribution < -0.4 is 10.5 Å². The lowest BCUT2D eigenvalue weighted by molar-refractivity contribution is 0.557. The van der Waals surface area contributed by atoms with Gasteiger partial charge in [0.15, 0.2) is 0 Å². The third-order valence-corrected chi connectivity index (χ3v) is 5.16. The van der Waals surface area contributed by atoms with Crippen molar-refractivity contribution in [3.63, 3.8) is 0 Å². The Balaban J connectivity index is 3.10. The first-order valence-electron chi connectivity index (χ1n) is 5.88. The van der Waals surface area contributed by atoms with Crippen LogP contribution in [0.15, 0.2) is 17.0 Å². The molecule has 1 atom stereocenters. The molecule has 19 heavy (non-hydrogen) atoms. The second-order valence-corrected chi connectivity index (χ2v) is 6.91. The van der Waals surface area contributed by atoms with Gasteiger partial charge in [0.05, 0.1) is 10.6 Å². The first-order valence-corrected chi connectivity index (χ1v) is 8.76. The average molecular weight is 306 g/mol. The minimum Gasteiger partial charge on any atom is -0.396 e. The van der Waals surface area contributed by atoms with E-state index in [0.717, 1.165) is 6.07 Å². The maximum absolute atomic E-state index is 13.3. The Kier molecular flexibility index (Phi) is 5.64. The van der Waals surface area contributed by atoms with E-state index in [2.05, 4.69) is 4.72 Å². The van der Waals surface area contributed by atoms with Crippen LogP contribution in [0, 0.1) is 12.7 Å². The number of hydrogen-bond donors (Lipinski definition) is 2. The number of halogens is 1. The van der Waals surface area contributed by atoms with Gasteiger partial charge >= 0.3 is 0 Å². The molecule has 0 fully saturated rings. The van der Waals surface area contributed by atoms with Gasteiger partial charge in [-0.15, -0.1) is 0 Å². The SMILES string of the molecule is CCC(CSC)NS(=O)(=O)c1cc(N)c(F)cc1C. The highest BCUT2D eigenvalue weighted by Crippen LogP contribution is 2.22. The molecule has 3 N–H and O–H groups in total. The number of sulfonamides is 1. The Morgan fingerprint density at radius 3 is 2.63 bits per heavy atom. The van der Waals surface area contributed by atoms with Gasteiger partial charge in [-0.1, -0.05) is 6.92 Å². The van der Waals surface area contributed by atoms with Crippen LogP contribution >= 0.6 is 11.8 Å². The standard InChI is InChI=1S/C12H19FN2O2S2/c1-4-9(7-18-3)15-19(16,17)12-6-11(14)10(13)5-8(12)2/h5-6,9,15H,4,7,14H2,1-3H3. The summed E-state index contributed by atoms with van der Waals surface area (Å²) in [5, 5.41) is 0. The highest BCUT2D eigenvalue weighted by atomic mass is 32.2. The van der Waals surface area contributed by atoms with Gasteiger partial charge in [0, 0.05) is 11.8 Å². The summed E-state index contributed by atoms with van der Waals surface area (Å²) in [5.74, 6) is 0.0819. The Hall–Kier alpha value is -0.790. The maximum Gasteiger partial charge on any atom is 0.241 e. The summed E-state index contributed by atoms with van der Waals surface area (Å²) in [4.78, 5) is 0.0333. The minimum atomic E-state index is -3.67. The average Bonchev–Trinajstić information content (AvgIpc) is 2.32. The molecule has 0 saturated heterocycles.